The highest BCUT2D eigenvalue weighted by Crippen LogP contribution is 2.42. The minimum atomic E-state index is -0.0723. The summed E-state index contributed by atoms with van der Waals surface area (Å²) in [7, 11) is 1.76. The predicted molar refractivity (Wildman–Crippen MR) is 143 cm³/mol. The standard InChI is InChI=1S/C29H33N7O/c1-29(2,3)17-36-25-10-9-23(31-27(25)34(4)28(36)37)22-13-18(5-6-20(22)14-30)15-35-12-11-21-24(16-35)32-33-26(21)19-7-8-19/h5-6,9-10,13,19H,7-8,11-12,15-17H2,1-4H3,(H,32,33). The molecule has 3 aromatic heterocycles. The van der Waals surface area contributed by atoms with E-state index in [1.165, 1.54) is 29.8 Å². The number of benzene rings is 1. The van der Waals surface area contributed by atoms with Crippen molar-refractivity contribution in [3.8, 4) is 17.3 Å². The van der Waals surface area contributed by atoms with Gasteiger partial charge in [0.05, 0.1) is 34.2 Å². The molecule has 1 aliphatic heterocycles. The van der Waals surface area contributed by atoms with Gasteiger partial charge in [0.15, 0.2) is 5.65 Å². The van der Waals surface area contributed by atoms with Crippen LogP contribution in [0.1, 0.15) is 67.6 Å². The van der Waals surface area contributed by atoms with E-state index in [1.54, 1.807) is 16.2 Å². The summed E-state index contributed by atoms with van der Waals surface area (Å²) < 4.78 is 3.40. The van der Waals surface area contributed by atoms with Crippen molar-refractivity contribution < 1.29 is 0 Å². The van der Waals surface area contributed by atoms with Crippen molar-refractivity contribution >= 4 is 11.2 Å². The Morgan fingerprint density at radius 1 is 1.19 bits per heavy atom. The molecule has 190 valence electrons. The molecule has 0 unspecified atom stereocenters. The van der Waals surface area contributed by atoms with Crippen LogP contribution in [0.5, 0.6) is 0 Å². The zero-order valence-corrected chi connectivity index (χ0v) is 22.0. The molecular weight excluding hydrogens is 462 g/mol. The number of hydrogen-bond donors (Lipinski definition) is 1. The highest BCUT2D eigenvalue weighted by atomic mass is 16.1. The van der Waals surface area contributed by atoms with E-state index in [1.807, 2.05) is 24.3 Å². The van der Waals surface area contributed by atoms with Gasteiger partial charge in [-0.3, -0.25) is 19.1 Å². The van der Waals surface area contributed by atoms with Crippen molar-refractivity contribution in [3.63, 3.8) is 0 Å². The van der Waals surface area contributed by atoms with Crippen LogP contribution in [0.15, 0.2) is 35.1 Å². The molecule has 0 bridgehead atoms. The van der Waals surface area contributed by atoms with Crippen molar-refractivity contribution in [1.29, 1.82) is 5.26 Å². The first-order chi connectivity index (χ1) is 17.7. The predicted octanol–water partition coefficient (Wildman–Crippen LogP) is 4.48. The third-order valence-electron chi connectivity index (χ3n) is 7.51. The summed E-state index contributed by atoms with van der Waals surface area (Å²) in [4.78, 5) is 20.3. The molecule has 0 atom stereocenters. The maximum Gasteiger partial charge on any atom is 0.330 e. The number of nitriles is 1. The third-order valence-corrected chi connectivity index (χ3v) is 7.51. The maximum absolute atomic E-state index is 13.0. The second-order valence-corrected chi connectivity index (χ2v) is 11.8. The minimum absolute atomic E-state index is 0.0377. The van der Waals surface area contributed by atoms with Gasteiger partial charge in [0.25, 0.3) is 0 Å². The van der Waals surface area contributed by atoms with Crippen LogP contribution in [0.3, 0.4) is 0 Å². The number of nitrogens with one attached hydrogen (secondary N) is 1. The summed E-state index contributed by atoms with van der Waals surface area (Å²) in [5.74, 6) is 0.669. The van der Waals surface area contributed by atoms with Gasteiger partial charge in [0.2, 0.25) is 0 Å². The van der Waals surface area contributed by atoms with Gasteiger partial charge in [-0.15, -0.1) is 0 Å². The average molecular weight is 496 g/mol. The summed E-state index contributed by atoms with van der Waals surface area (Å²) in [5, 5.41) is 17.7. The second kappa shape index (κ2) is 8.70. The van der Waals surface area contributed by atoms with Crippen LogP contribution in [0.25, 0.3) is 22.4 Å². The van der Waals surface area contributed by atoms with Gasteiger partial charge in [-0.2, -0.15) is 10.4 Å². The first-order valence-electron chi connectivity index (χ1n) is 13.1. The fraction of sp³-hybridized carbons (Fsp3) is 0.448. The number of pyridine rings is 1. The molecule has 1 fully saturated rings. The van der Waals surface area contributed by atoms with E-state index < -0.39 is 0 Å². The van der Waals surface area contributed by atoms with Crippen molar-refractivity contribution in [1.82, 2.24) is 29.2 Å². The van der Waals surface area contributed by atoms with Crippen LogP contribution in [0.2, 0.25) is 0 Å². The number of H-pyrrole nitrogens is 1. The number of rotatable bonds is 5. The molecular formula is C29H33N7O. The van der Waals surface area contributed by atoms with Crippen molar-refractivity contribution in [2.75, 3.05) is 6.54 Å². The molecule has 4 heterocycles. The van der Waals surface area contributed by atoms with E-state index in [0.717, 1.165) is 42.7 Å². The van der Waals surface area contributed by atoms with E-state index in [-0.39, 0.29) is 11.1 Å². The molecule has 1 aliphatic carbocycles. The molecule has 0 spiro atoms. The van der Waals surface area contributed by atoms with E-state index in [0.29, 0.717) is 29.4 Å². The first-order valence-corrected chi connectivity index (χ1v) is 13.1. The van der Waals surface area contributed by atoms with Crippen LogP contribution in [0, 0.1) is 16.7 Å². The SMILES string of the molecule is Cn1c(=O)n(CC(C)(C)C)c2ccc(-c3cc(CN4CCc5c(C6CC6)n[nH]c5C4)ccc3C#N)nc21. The Hall–Kier alpha value is -3.70. The second-order valence-electron chi connectivity index (χ2n) is 11.8. The number of nitrogens with zero attached hydrogens (tertiary/aromatic N) is 6. The molecule has 2 aliphatic rings. The van der Waals surface area contributed by atoms with Crippen LogP contribution >= 0.6 is 0 Å². The molecule has 0 radical (unpaired) electrons. The van der Waals surface area contributed by atoms with Crippen molar-refractivity contribution in [2.45, 2.75) is 65.6 Å². The Bertz CT molecular complexity index is 1600. The van der Waals surface area contributed by atoms with Crippen LogP contribution in [-0.2, 0) is 33.1 Å². The zero-order chi connectivity index (χ0) is 25.9. The fourth-order valence-corrected chi connectivity index (χ4v) is 5.54. The third kappa shape index (κ3) is 4.38. The lowest BCUT2D eigenvalue weighted by Crippen LogP contribution is -2.30. The molecule has 1 aromatic carbocycles. The van der Waals surface area contributed by atoms with Gasteiger partial charge in [-0.25, -0.2) is 9.78 Å². The van der Waals surface area contributed by atoms with Crippen LogP contribution in [0.4, 0.5) is 0 Å². The molecule has 6 rings (SSSR count). The molecule has 37 heavy (non-hydrogen) atoms. The van der Waals surface area contributed by atoms with Crippen molar-refractivity contribution in [2.24, 2.45) is 12.5 Å². The molecule has 0 amide bonds. The molecule has 4 aromatic rings. The van der Waals surface area contributed by atoms with E-state index >= 15 is 0 Å². The van der Waals surface area contributed by atoms with Crippen LogP contribution in [-0.4, -0.2) is 35.8 Å². The highest BCUT2D eigenvalue weighted by molar-refractivity contribution is 5.78. The Morgan fingerprint density at radius 2 is 2.00 bits per heavy atom. The Balaban J connectivity index is 1.30. The summed E-state index contributed by atoms with van der Waals surface area (Å²) in [6.07, 6.45) is 3.56. The van der Waals surface area contributed by atoms with Crippen LogP contribution < -0.4 is 5.69 Å². The molecule has 1 N–H and O–H groups in total. The number of aromatic nitrogens is 5. The maximum atomic E-state index is 13.0. The molecule has 0 saturated heterocycles. The number of imidazole rings is 1. The van der Waals surface area contributed by atoms with E-state index in [4.69, 9.17) is 4.98 Å². The summed E-state index contributed by atoms with van der Waals surface area (Å²) >= 11 is 0. The monoisotopic (exact) mass is 495 g/mol. The molecule has 8 nitrogen and oxygen atoms in total. The largest absolute Gasteiger partial charge is 0.330 e. The Kier molecular flexibility index (Phi) is 5.57. The molecule has 8 heteroatoms. The fourth-order valence-electron chi connectivity index (χ4n) is 5.54. The average Bonchev–Trinajstić information content (AvgIpc) is 3.59. The number of fused-ring (bicyclic) bond motifs is 2. The summed E-state index contributed by atoms with van der Waals surface area (Å²) in [6.45, 7) is 9.61. The molecule has 1 saturated carbocycles. The van der Waals surface area contributed by atoms with Gasteiger partial charge >= 0.3 is 5.69 Å². The topological polar surface area (TPSA) is 95.5 Å². The van der Waals surface area contributed by atoms with E-state index in [9.17, 15) is 10.1 Å². The quantitative estimate of drug-likeness (QED) is 0.440. The lowest BCUT2D eigenvalue weighted by Gasteiger charge is -2.27. The first kappa shape index (κ1) is 23.7. The summed E-state index contributed by atoms with van der Waals surface area (Å²) in [5.41, 5.74) is 8.54. The number of aromatic amines is 1. The summed E-state index contributed by atoms with van der Waals surface area (Å²) in [6, 6.07) is 12.2. The smallest absolute Gasteiger partial charge is 0.293 e. The van der Waals surface area contributed by atoms with E-state index in [2.05, 4.69) is 48.0 Å². The normalized spacial score (nSPS) is 16.2. The Labute approximate surface area is 216 Å². The van der Waals surface area contributed by atoms with Gasteiger partial charge in [0, 0.05) is 44.7 Å². The lowest BCUT2D eigenvalue weighted by atomic mass is 9.97. The Morgan fingerprint density at radius 3 is 2.73 bits per heavy atom. The minimum Gasteiger partial charge on any atom is -0.293 e. The zero-order valence-electron chi connectivity index (χ0n) is 22.0. The van der Waals surface area contributed by atoms with Gasteiger partial charge < -0.3 is 0 Å². The van der Waals surface area contributed by atoms with Gasteiger partial charge in [0.1, 0.15) is 0 Å². The highest BCUT2D eigenvalue weighted by Gasteiger charge is 2.32. The van der Waals surface area contributed by atoms with Gasteiger partial charge in [-0.1, -0.05) is 26.8 Å². The lowest BCUT2D eigenvalue weighted by molar-refractivity contribution is 0.242. The number of aryl methyl sites for hydroxylation is 1. The van der Waals surface area contributed by atoms with Gasteiger partial charge in [-0.05, 0) is 60.1 Å². The number of hydrogen-bond acceptors (Lipinski definition) is 5. The van der Waals surface area contributed by atoms with Crippen molar-refractivity contribution in [3.05, 3.63) is 68.9 Å².